The average molecular weight is 253 g/mol. The molecule has 2 aliphatic rings. The molecule has 1 aliphatic heterocycles. The monoisotopic (exact) mass is 253 g/mol. The SMILES string of the molecule is CC1CCN(CCNC(=O)CNCC2CC2)CC1. The predicted octanol–water partition coefficient (Wildman–Crippen LogP) is 0.834. The minimum atomic E-state index is 0.140. The van der Waals surface area contributed by atoms with Crippen LogP contribution in [-0.2, 0) is 4.79 Å². The normalized spacial score (nSPS) is 22.1. The van der Waals surface area contributed by atoms with Gasteiger partial charge >= 0.3 is 0 Å². The third kappa shape index (κ3) is 5.36. The molecule has 104 valence electrons. The summed E-state index contributed by atoms with van der Waals surface area (Å²) in [4.78, 5) is 14.0. The molecule has 1 amide bonds. The van der Waals surface area contributed by atoms with Crippen LogP contribution in [0.1, 0.15) is 32.6 Å². The fraction of sp³-hybridized carbons (Fsp3) is 0.929. The zero-order valence-electron chi connectivity index (χ0n) is 11.6. The van der Waals surface area contributed by atoms with Gasteiger partial charge in [-0.05, 0) is 57.2 Å². The lowest BCUT2D eigenvalue weighted by Crippen LogP contribution is -2.41. The van der Waals surface area contributed by atoms with Crippen molar-refractivity contribution in [1.82, 2.24) is 15.5 Å². The van der Waals surface area contributed by atoms with Crippen LogP contribution in [0.4, 0.5) is 0 Å². The van der Waals surface area contributed by atoms with E-state index in [4.69, 9.17) is 0 Å². The third-order valence-corrected chi connectivity index (χ3v) is 4.04. The molecule has 1 aliphatic carbocycles. The van der Waals surface area contributed by atoms with Crippen molar-refractivity contribution in [2.45, 2.75) is 32.6 Å². The number of piperidine rings is 1. The van der Waals surface area contributed by atoms with Crippen LogP contribution in [0.5, 0.6) is 0 Å². The molecular weight excluding hydrogens is 226 g/mol. The van der Waals surface area contributed by atoms with Crippen LogP contribution in [0.15, 0.2) is 0 Å². The number of nitrogens with zero attached hydrogens (tertiary/aromatic N) is 1. The van der Waals surface area contributed by atoms with Crippen LogP contribution in [0.2, 0.25) is 0 Å². The first-order chi connectivity index (χ1) is 8.74. The molecule has 0 atom stereocenters. The maximum Gasteiger partial charge on any atom is 0.234 e. The number of carbonyl (C=O) groups excluding carboxylic acids is 1. The summed E-state index contributed by atoms with van der Waals surface area (Å²) in [5.74, 6) is 1.86. The fourth-order valence-corrected chi connectivity index (χ4v) is 2.41. The van der Waals surface area contributed by atoms with E-state index in [2.05, 4.69) is 22.5 Å². The first kappa shape index (κ1) is 13.8. The molecule has 0 aromatic carbocycles. The Morgan fingerprint density at radius 1 is 1.22 bits per heavy atom. The smallest absolute Gasteiger partial charge is 0.234 e. The van der Waals surface area contributed by atoms with E-state index in [-0.39, 0.29) is 5.91 Å². The van der Waals surface area contributed by atoms with E-state index in [1.165, 1.54) is 38.8 Å². The summed E-state index contributed by atoms with van der Waals surface area (Å²) in [6.45, 7) is 7.99. The van der Waals surface area contributed by atoms with Gasteiger partial charge in [-0.2, -0.15) is 0 Å². The molecule has 0 aromatic heterocycles. The van der Waals surface area contributed by atoms with Crippen molar-refractivity contribution in [3.8, 4) is 0 Å². The first-order valence-electron chi connectivity index (χ1n) is 7.44. The molecule has 1 heterocycles. The Bertz CT molecular complexity index is 258. The van der Waals surface area contributed by atoms with E-state index >= 15 is 0 Å². The van der Waals surface area contributed by atoms with Crippen molar-refractivity contribution in [3.63, 3.8) is 0 Å². The number of rotatable bonds is 7. The number of hydrogen-bond acceptors (Lipinski definition) is 3. The standard InChI is InChI=1S/C14H27N3O/c1-12-4-7-17(8-5-12)9-6-16-14(18)11-15-10-13-2-3-13/h12-13,15H,2-11H2,1H3,(H,16,18). The van der Waals surface area contributed by atoms with E-state index in [0.717, 1.165) is 31.5 Å². The summed E-state index contributed by atoms with van der Waals surface area (Å²) in [5, 5.41) is 6.21. The molecule has 1 saturated carbocycles. The summed E-state index contributed by atoms with van der Waals surface area (Å²) in [6.07, 6.45) is 5.28. The Labute approximate surface area is 110 Å². The van der Waals surface area contributed by atoms with Crippen LogP contribution in [-0.4, -0.2) is 50.1 Å². The first-order valence-corrected chi connectivity index (χ1v) is 7.44. The molecule has 2 rings (SSSR count). The quantitative estimate of drug-likeness (QED) is 0.706. The molecule has 1 saturated heterocycles. The maximum atomic E-state index is 11.5. The van der Waals surface area contributed by atoms with Crippen molar-refractivity contribution in [2.75, 3.05) is 39.3 Å². The maximum absolute atomic E-state index is 11.5. The second kappa shape index (κ2) is 7.10. The fourth-order valence-electron chi connectivity index (χ4n) is 2.41. The second-order valence-electron chi connectivity index (χ2n) is 5.95. The summed E-state index contributed by atoms with van der Waals surface area (Å²) in [5.41, 5.74) is 0. The highest BCUT2D eigenvalue weighted by atomic mass is 16.1. The minimum Gasteiger partial charge on any atom is -0.354 e. The van der Waals surface area contributed by atoms with Gasteiger partial charge in [-0.1, -0.05) is 6.92 Å². The van der Waals surface area contributed by atoms with Crippen LogP contribution in [0, 0.1) is 11.8 Å². The number of carbonyl (C=O) groups is 1. The zero-order chi connectivity index (χ0) is 12.8. The Morgan fingerprint density at radius 2 is 1.94 bits per heavy atom. The van der Waals surface area contributed by atoms with Crippen molar-refractivity contribution in [3.05, 3.63) is 0 Å². The van der Waals surface area contributed by atoms with E-state index in [1.54, 1.807) is 0 Å². The highest BCUT2D eigenvalue weighted by Crippen LogP contribution is 2.27. The second-order valence-corrected chi connectivity index (χ2v) is 5.95. The van der Waals surface area contributed by atoms with Gasteiger partial charge in [0, 0.05) is 13.1 Å². The van der Waals surface area contributed by atoms with Gasteiger partial charge in [0.25, 0.3) is 0 Å². The third-order valence-electron chi connectivity index (χ3n) is 4.04. The van der Waals surface area contributed by atoms with Crippen LogP contribution < -0.4 is 10.6 Å². The summed E-state index contributed by atoms with van der Waals surface area (Å²) in [7, 11) is 0. The van der Waals surface area contributed by atoms with Gasteiger partial charge in [-0.25, -0.2) is 0 Å². The topological polar surface area (TPSA) is 44.4 Å². The van der Waals surface area contributed by atoms with Crippen LogP contribution in [0.25, 0.3) is 0 Å². The molecule has 2 N–H and O–H groups in total. The minimum absolute atomic E-state index is 0.140. The molecule has 0 bridgehead atoms. The predicted molar refractivity (Wildman–Crippen MR) is 73.4 cm³/mol. The summed E-state index contributed by atoms with van der Waals surface area (Å²) >= 11 is 0. The Morgan fingerprint density at radius 3 is 2.61 bits per heavy atom. The van der Waals surface area contributed by atoms with E-state index in [9.17, 15) is 4.79 Å². The van der Waals surface area contributed by atoms with Crippen molar-refractivity contribution in [2.24, 2.45) is 11.8 Å². The van der Waals surface area contributed by atoms with Crippen molar-refractivity contribution < 1.29 is 4.79 Å². The molecule has 4 heteroatoms. The van der Waals surface area contributed by atoms with Gasteiger partial charge in [-0.15, -0.1) is 0 Å². The largest absolute Gasteiger partial charge is 0.354 e. The average Bonchev–Trinajstić information content (AvgIpc) is 3.16. The van der Waals surface area contributed by atoms with E-state index in [1.807, 2.05) is 0 Å². The molecule has 0 spiro atoms. The number of nitrogens with one attached hydrogen (secondary N) is 2. The lowest BCUT2D eigenvalue weighted by Gasteiger charge is -2.30. The van der Waals surface area contributed by atoms with Gasteiger partial charge in [0.1, 0.15) is 0 Å². The van der Waals surface area contributed by atoms with E-state index in [0.29, 0.717) is 6.54 Å². The van der Waals surface area contributed by atoms with E-state index < -0.39 is 0 Å². The molecule has 0 unspecified atom stereocenters. The molecular formula is C14H27N3O. The molecule has 0 radical (unpaired) electrons. The van der Waals surface area contributed by atoms with Gasteiger partial charge in [-0.3, -0.25) is 4.79 Å². The lowest BCUT2D eigenvalue weighted by atomic mass is 9.99. The van der Waals surface area contributed by atoms with Gasteiger partial charge in [0.15, 0.2) is 0 Å². The Balaban J connectivity index is 1.45. The summed E-state index contributed by atoms with van der Waals surface area (Å²) < 4.78 is 0. The molecule has 4 nitrogen and oxygen atoms in total. The number of likely N-dealkylation sites (tertiary alicyclic amines) is 1. The molecule has 0 aromatic rings. The Hall–Kier alpha value is -0.610. The molecule has 18 heavy (non-hydrogen) atoms. The highest BCUT2D eigenvalue weighted by molar-refractivity contribution is 5.77. The number of hydrogen-bond donors (Lipinski definition) is 2. The highest BCUT2D eigenvalue weighted by Gasteiger charge is 2.20. The summed E-state index contributed by atoms with van der Waals surface area (Å²) in [6, 6.07) is 0. The zero-order valence-corrected chi connectivity index (χ0v) is 11.6. The van der Waals surface area contributed by atoms with Crippen molar-refractivity contribution in [1.29, 1.82) is 0 Å². The Kier molecular flexibility index (Phi) is 5.45. The van der Waals surface area contributed by atoms with Gasteiger partial charge < -0.3 is 15.5 Å². The lowest BCUT2D eigenvalue weighted by molar-refractivity contribution is -0.120. The van der Waals surface area contributed by atoms with Crippen LogP contribution in [0.3, 0.4) is 0 Å². The molecule has 2 fully saturated rings. The van der Waals surface area contributed by atoms with Gasteiger partial charge in [0.05, 0.1) is 6.54 Å². The number of amides is 1. The van der Waals surface area contributed by atoms with Crippen molar-refractivity contribution >= 4 is 5.91 Å². The van der Waals surface area contributed by atoms with Gasteiger partial charge in [0.2, 0.25) is 5.91 Å². The van der Waals surface area contributed by atoms with Crippen LogP contribution >= 0.6 is 0 Å².